The fraction of sp³-hybridized carbons (Fsp3) is 0.269. The molecule has 0 aliphatic carbocycles. The van der Waals surface area contributed by atoms with Crippen LogP contribution in [0.2, 0.25) is 5.02 Å². The Morgan fingerprint density at radius 1 is 1.06 bits per heavy atom. The molecule has 34 heavy (non-hydrogen) atoms. The van der Waals surface area contributed by atoms with E-state index in [1.165, 1.54) is 30.9 Å². The quantitative estimate of drug-likeness (QED) is 0.433. The number of sulfonamides is 1. The molecule has 0 saturated carbocycles. The van der Waals surface area contributed by atoms with E-state index < -0.39 is 22.5 Å². The van der Waals surface area contributed by atoms with Crippen LogP contribution in [0, 0.1) is 6.92 Å². The highest BCUT2D eigenvalue weighted by Gasteiger charge is 2.30. The Morgan fingerprint density at radius 2 is 1.71 bits per heavy atom. The average Bonchev–Trinajstić information content (AvgIpc) is 2.82. The number of nitrogens with one attached hydrogen (secondary N) is 1. The van der Waals surface area contributed by atoms with Crippen LogP contribution in [0.15, 0.2) is 71.6 Å². The number of anilines is 1. The molecule has 0 unspecified atom stereocenters. The molecule has 180 valence electrons. The molecule has 3 rings (SSSR count). The second-order valence-corrected chi connectivity index (χ2v) is 10.3. The summed E-state index contributed by atoms with van der Waals surface area (Å²) in [7, 11) is -2.65. The molecule has 0 heterocycles. The van der Waals surface area contributed by atoms with Gasteiger partial charge >= 0.3 is 0 Å². The summed E-state index contributed by atoms with van der Waals surface area (Å²) in [4.78, 5) is 13.1. The van der Waals surface area contributed by atoms with E-state index in [4.69, 9.17) is 16.3 Å². The van der Waals surface area contributed by atoms with Gasteiger partial charge in [0.1, 0.15) is 12.3 Å². The first kappa shape index (κ1) is 25.6. The number of benzene rings is 3. The first-order valence-corrected chi connectivity index (χ1v) is 12.8. The van der Waals surface area contributed by atoms with Crippen molar-refractivity contribution in [1.29, 1.82) is 0 Å². The molecule has 1 atom stereocenters. The molecule has 0 aromatic heterocycles. The van der Waals surface area contributed by atoms with Crippen LogP contribution >= 0.6 is 11.6 Å². The van der Waals surface area contributed by atoms with Crippen LogP contribution in [-0.4, -0.2) is 28.0 Å². The van der Waals surface area contributed by atoms with Gasteiger partial charge in [0.05, 0.1) is 23.7 Å². The molecule has 0 aliphatic rings. The van der Waals surface area contributed by atoms with Crippen molar-refractivity contribution in [2.75, 3.05) is 18.0 Å². The number of hydrogen-bond donors (Lipinski definition) is 1. The first-order chi connectivity index (χ1) is 16.1. The zero-order valence-corrected chi connectivity index (χ0v) is 21.3. The van der Waals surface area contributed by atoms with E-state index in [-0.39, 0.29) is 22.4 Å². The van der Waals surface area contributed by atoms with Crippen molar-refractivity contribution >= 4 is 33.2 Å². The number of rotatable bonds is 9. The van der Waals surface area contributed by atoms with Gasteiger partial charge in [0, 0.05) is 5.02 Å². The third-order valence-corrected chi connectivity index (χ3v) is 7.58. The summed E-state index contributed by atoms with van der Waals surface area (Å²) in [6.07, 6.45) is 0.925. The summed E-state index contributed by atoms with van der Waals surface area (Å²) in [6, 6.07) is 18.8. The zero-order valence-electron chi connectivity index (χ0n) is 19.7. The Hall–Kier alpha value is -3.03. The van der Waals surface area contributed by atoms with Crippen molar-refractivity contribution in [3.05, 3.63) is 88.4 Å². The van der Waals surface area contributed by atoms with Crippen LogP contribution in [-0.2, 0) is 21.2 Å². The van der Waals surface area contributed by atoms with E-state index in [0.29, 0.717) is 5.02 Å². The van der Waals surface area contributed by atoms with Gasteiger partial charge in [-0.3, -0.25) is 9.10 Å². The lowest BCUT2D eigenvalue weighted by Gasteiger charge is -2.26. The number of aryl methyl sites for hydroxylation is 2. The van der Waals surface area contributed by atoms with Crippen molar-refractivity contribution in [3.63, 3.8) is 0 Å². The Morgan fingerprint density at radius 3 is 2.29 bits per heavy atom. The first-order valence-electron chi connectivity index (χ1n) is 11.0. The van der Waals surface area contributed by atoms with E-state index in [1.54, 1.807) is 24.3 Å². The van der Waals surface area contributed by atoms with Gasteiger partial charge in [0.25, 0.3) is 10.0 Å². The van der Waals surface area contributed by atoms with Gasteiger partial charge < -0.3 is 10.1 Å². The number of halogens is 1. The van der Waals surface area contributed by atoms with Crippen LogP contribution in [0.1, 0.15) is 36.6 Å². The van der Waals surface area contributed by atoms with Gasteiger partial charge in [0.2, 0.25) is 5.91 Å². The Labute approximate surface area is 206 Å². The van der Waals surface area contributed by atoms with Crippen molar-refractivity contribution in [2.45, 2.75) is 38.1 Å². The van der Waals surface area contributed by atoms with Crippen LogP contribution < -0.4 is 14.4 Å². The van der Waals surface area contributed by atoms with E-state index in [9.17, 15) is 13.2 Å². The van der Waals surface area contributed by atoms with Crippen molar-refractivity contribution in [2.24, 2.45) is 0 Å². The number of carbonyl (C=O) groups is 1. The van der Waals surface area contributed by atoms with Crippen LogP contribution in [0.25, 0.3) is 0 Å². The van der Waals surface area contributed by atoms with Gasteiger partial charge in [-0.05, 0) is 61.7 Å². The largest absolute Gasteiger partial charge is 0.495 e. The Kier molecular flexibility index (Phi) is 8.23. The molecule has 1 N–H and O–H groups in total. The molecule has 0 saturated heterocycles. The predicted octanol–water partition coefficient (Wildman–Crippen LogP) is 5.29. The van der Waals surface area contributed by atoms with Crippen molar-refractivity contribution in [3.8, 4) is 5.75 Å². The van der Waals surface area contributed by atoms with E-state index in [2.05, 4.69) is 12.2 Å². The van der Waals surface area contributed by atoms with Gasteiger partial charge in [-0.2, -0.15) is 0 Å². The third kappa shape index (κ3) is 5.90. The van der Waals surface area contributed by atoms with E-state index in [0.717, 1.165) is 21.9 Å². The minimum absolute atomic E-state index is 0.0659. The molecule has 0 aliphatic heterocycles. The number of carbonyl (C=O) groups excluding carboxylic acids is 1. The maximum atomic E-state index is 13.6. The molecular weight excluding hydrogens is 472 g/mol. The summed E-state index contributed by atoms with van der Waals surface area (Å²) >= 11 is 6.18. The monoisotopic (exact) mass is 500 g/mol. The Balaban J connectivity index is 1.94. The molecule has 1 amide bonds. The second-order valence-electron chi connectivity index (χ2n) is 8.03. The smallest absolute Gasteiger partial charge is 0.264 e. The number of ether oxygens (including phenoxy) is 1. The second kappa shape index (κ2) is 10.9. The molecule has 8 heteroatoms. The van der Waals surface area contributed by atoms with E-state index in [1.807, 2.05) is 38.1 Å². The van der Waals surface area contributed by atoms with Crippen LogP contribution in [0.3, 0.4) is 0 Å². The molecule has 3 aromatic carbocycles. The third-order valence-electron chi connectivity index (χ3n) is 5.57. The summed E-state index contributed by atoms with van der Waals surface area (Å²) in [6.45, 7) is 5.37. The lowest BCUT2D eigenvalue weighted by Crippen LogP contribution is -2.41. The molecule has 0 fully saturated rings. The molecule has 0 bridgehead atoms. The number of amides is 1. The highest BCUT2D eigenvalue weighted by atomic mass is 35.5. The maximum Gasteiger partial charge on any atom is 0.264 e. The fourth-order valence-electron chi connectivity index (χ4n) is 3.54. The van der Waals surface area contributed by atoms with Gasteiger partial charge in [0.15, 0.2) is 0 Å². The lowest BCUT2D eigenvalue weighted by atomic mass is 10.1. The molecular formula is C26H29ClN2O4S. The predicted molar refractivity (Wildman–Crippen MR) is 136 cm³/mol. The summed E-state index contributed by atoms with van der Waals surface area (Å²) in [5.74, 6) is -0.166. The SMILES string of the molecule is CCc1ccc([C@@H](C)NC(=O)CN(c2cc(Cl)ccc2OC)S(=O)(=O)c2ccc(C)cc2)cc1. The summed E-state index contributed by atoms with van der Waals surface area (Å²) in [5, 5.41) is 3.22. The Bertz CT molecular complexity index is 1240. The minimum Gasteiger partial charge on any atom is -0.495 e. The van der Waals surface area contributed by atoms with Gasteiger partial charge in [-0.25, -0.2) is 8.42 Å². The fourth-order valence-corrected chi connectivity index (χ4v) is 5.13. The van der Waals surface area contributed by atoms with Crippen LogP contribution in [0.4, 0.5) is 5.69 Å². The lowest BCUT2D eigenvalue weighted by molar-refractivity contribution is -0.120. The van der Waals surface area contributed by atoms with Gasteiger partial charge in [-0.1, -0.05) is 60.5 Å². The van der Waals surface area contributed by atoms with Crippen LogP contribution in [0.5, 0.6) is 5.75 Å². The number of hydrogen-bond acceptors (Lipinski definition) is 4. The average molecular weight is 501 g/mol. The van der Waals surface area contributed by atoms with E-state index >= 15 is 0 Å². The molecule has 6 nitrogen and oxygen atoms in total. The molecule has 3 aromatic rings. The molecule has 0 radical (unpaired) electrons. The molecule has 0 spiro atoms. The summed E-state index contributed by atoms with van der Waals surface area (Å²) in [5.41, 5.74) is 3.24. The highest BCUT2D eigenvalue weighted by molar-refractivity contribution is 7.92. The normalized spacial score (nSPS) is 12.1. The number of nitrogens with zero attached hydrogens (tertiary/aromatic N) is 1. The zero-order chi connectivity index (χ0) is 24.9. The number of methoxy groups -OCH3 is 1. The van der Waals surface area contributed by atoms with Crippen molar-refractivity contribution in [1.82, 2.24) is 5.32 Å². The standard InChI is InChI=1S/C26H29ClN2O4S/c1-5-20-8-10-21(11-9-20)19(3)28-26(30)17-29(24-16-22(27)12-15-25(24)33-4)34(31,32)23-13-6-18(2)7-14-23/h6-16,19H,5,17H2,1-4H3,(H,28,30)/t19-/m1/s1. The maximum absolute atomic E-state index is 13.6. The van der Waals surface area contributed by atoms with Crippen molar-refractivity contribution < 1.29 is 17.9 Å². The topological polar surface area (TPSA) is 75.7 Å². The minimum atomic E-state index is -4.09. The summed E-state index contributed by atoms with van der Waals surface area (Å²) < 4.78 is 33.7. The van der Waals surface area contributed by atoms with Gasteiger partial charge in [-0.15, -0.1) is 0 Å². The highest BCUT2D eigenvalue weighted by Crippen LogP contribution is 2.35.